The lowest BCUT2D eigenvalue weighted by molar-refractivity contribution is -0.265. The predicted octanol–water partition coefficient (Wildman–Crippen LogP) is 3.78. The van der Waals surface area contributed by atoms with Crippen LogP contribution in [0, 0.1) is 5.82 Å². The van der Waals surface area contributed by atoms with Gasteiger partial charge in [-0.1, -0.05) is 13.8 Å². The zero-order chi connectivity index (χ0) is 26.6. The third-order valence-corrected chi connectivity index (χ3v) is 6.29. The molecule has 1 aliphatic rings. The summed E-state index contributed by atoms with van der Waals surface area (Å²) in [5.74, 6) is -1.20. The van der Waals surface area contributed by atoms with Crippen LogP contribution in [0.15, 0.2) is 54.9 Å². The highest BCUT2D eigenvalue weighted by Gasteiger charge is 2.57. The van der Waals surface area contributed by atoms with Crippen LogP contribution in [-0.4, -0.2) is 49.9 Å². The van der Waals surface area contributed by atoms with Crippen LogP contribution in [0.1, 0.15) is 35.6 Å². The number of amides is 1. The number of hydrogen-bond donors (Lipinski definition) is 2. The minimum atomic E-state index is -5.21. The second kappa shape index (κ2) is 8.51. The van der Waals surface area contributed by atoms with E-state index in [2.05, 4.69) is 20.4 Å². The maximum Gasteiger partial charge on any atom is 0.424 e. The van der Waals surface area contributed by atoms with Gasteiger partial charge in [-0.15, -0.1) is 0 Å². The molecule has 4 heterocycles. The van der Waals surface area contributed by atoms with Gasteiger partial charge in [0, 0.05) is 28.8 Å². The molecule has 4 aromatic rings. The highest BCUT2D eigenvalue weighted by molar-refractivity contribution is 5.92. The maximum atomic E-state index is 14.4. The van der Waals surface area contributed by atoms with Crippen LogP contribution in [0.25, 0.3) is 16.9 Å². The largest absolute Gasteiger partial charge is 0.490 e. The molecule has 0 saturated carbocycles. The molecule has 1 atom stereocenters. The molecule has 1 aromatic carbocycles. The summed E-state index contributed by atoms with van der Waals surface area (Å²) in [5, 5.41) is 17.1. The normalized spacial score (nSPS) is 16.2. The van der Waals surface area contributed by atoms with Crippen molar-refractivity contribution >= 4 is 11.6 Å². The number of fused-ring (bicyclic) bond motifs is 2. The van der Waals surface area contributed by atoms with Gasteiger partial charge < -0.3 is 15.2 Å². The summed E-state index contributed by atoms with van der Waals surface area (Å²) >= 11 is 0. The molecule has 192 valence electrons. The molecule has 12 heteroatoms. The van der Waals surface area contributed by atoms with Crippen LogP contribution in [0.2, 0.25) is 0 Å². The summed E-state index contributed by atoms with van der Waals surface area (Å²) in [5.41, 5.74) is -4.06. The number of ether oxygens (including phenoxy) is 1. The molecule has 1 aliphatic heterocycles. The molecular formula is C25H21F4N5O3. The van der Waals surface area contributed by atoms with Gasteiger partial charge >= 0.3 is 6.18 Å². The standard InChI is InChI=1S/C25H21F4N5O3/c1-23(2)13-37-21-16(23)11-18(33-20(21)14-3-5-15(26)6-4-14)24(36,25(27,28)29)12-30-22(35)17-8-10-34-19(32-17)7-9-31-34/h3-11,36H,12-13H2,1-2H3,(H,30,35)/t24-/m0/s1. The van der Waals surface area contributed by atoms with Crippen molar-refractivity contribution in [1.29, 1.82) is 0 Å². The number of halogens is 4. The Kier molecular flexibility index (Phi) is 5.66. The molecule has 0 unspecified atom stereocenters. The third kappa shape index (κ3) is 4.26. The number of benzene rings is 1. The molecule has 2 N–H and O–H groups in total. The highest BCUT2D eigenvalue weighted by atomic mass is 19.4. The van der Waals surface area contributed by atoms with Crippen LogP contribution in [0.4, 0.5) is 17.6 Å². The molecule has 8 nitrogen and oxygen atoms in total. The van der Waals surface area contributed by atoms with Gasteiger partial charge in [0.2, 0.25) is 5.60 Å². The van der Waals surface area contributed by atoms with Gasteiger partial charge in [-0.2, -0.15) is 18.3 Å². The van der Waals surface area contributed by atoms with Gasteiger partial charge in [0.1, 0.15) is 23.0 Å². The average Bonchev–Trinajstić information content (AvgIpc) is 3.45. The second-order valence-corrected chi connectivity index (χ2v) is 9.40. The van der Waals surface area contributed by atoms with Gasteiger partial charge in [0.15, 0.2) is 5.65 Å². The number of nitrogens with one attached hydrogen (secondary N) is 1. The van der Waals surface area contributed by atoms with E-state index >= 15 is 0 Å². The number of aromatic nitrogens is 4. The Morgan fingerprint density at radius 1 is 1.16 bits per heavy atom. The first kappa shape index (κ1) is 24.6. The van der Waals surface area contributed by atoms with Gasteiger partial charge in [-0.3, -0.25) is 4.79 Å². The molecule has 1 amide bonds. The Labute approximate surface area is 207 Å². The SMILES string of the molecule is CC1(C)COc2c1cc([C@@](O)(CNC(=O)c1ccn3nccc3n1)C(F)(F)F)nc2-c1ccc(F)cc1. The first-order valence-electron chi connectivity index (χ1n) is 11.2. The van der Waals surface area contributed by atoms with Crippen LogP contribution >= 0.6 is 0 Å². The van der Waals surface area contributed by atoms with Crippen molar-refractivity contribution in [1.82, 2.24) is 24.9 Å². The highest BCUT2D eigenvalue weighted by Crippen LogP contribution is 2.47. The van der Waals surface area contributed by atoms with E-state index in [9.17, 15) is 27.5 Å². The summed E-state index contributed by atoms with van der Waals surface area (Å²) in [6.45, 7) is 2.51. The minimum absolute atomic E-state index is 0.0277. The number of aliphatic hydroxyl groups is 1. The monoisotopic (exact) mass is 515 g/mol. The van der Waals surface area contributed by atoms with Crippen molar-refractivity contribution in [3.8, 4) is 17.0 Å². The average molecular weight is 515 g/mol. The molecule has 0 bridgehead atoms. The van der Waals surface area contributed by atoms with E-state index in [0.717, 1.165) is 18.2 Å². The smallest absolute Gasteiger partial charge is 0.424 e. The van der Waals surface area contributed by atoms with Crippen molar-refractivity contribution in [2.45, 2.75) is 31.0 Å². The Morgan fingerprint density at radius 2 is 1.89 bits per heavy atom. The Morgan fingerprint density at radius 3 is 2.59 bits per heavy atom. The summed E-state index contributed by atoms with van der Waals surface area (Å²) in [7, 11) is 0. The Balaban J connectivity index is 1.56. The molecule has 0 spiro atoms. The molecule has 0 radical (unpaired) electrons. The summed E-state index contributed by atoms with van der Waals surface area (Å²) in [6.07, 6.45) is -2.32. The number of rotatable bonds is 5. The first-order valence-corrected chi connectivity index (χ1v) is 11.2. The zero-order valence-electron chi connectivity index (χ0n) is 19.7. The second-order valence-electron chi connectivity index (χ2n) is 9.40. The number of pyridine rings is 1. The summed E-state index contributed by atoms with van der Waals surface area (Å²) in [4.78, 5) is 20.9. The van der Waals surface area contributed by atoms with Crippen molar-refractivity contribution < 1.29 is 32.2 Å². The summed E-state index contributed by atoms with van der Waals surface area (Å²) in [6, 6.07) is 8.99. The van der Waals surface area contributed by atoms with Crippen LogP contribution in [0.3, 0.4) is 0 Å². The molecular weight excluding hydrogens is 494 g/mol. The van der Waals surface area contributed by atoms with Crippen LogP contribution in [-0.2, 0) is 11.0 Å². The van der Waals surface area contributed by atoms with Gasteiger partial charge in [-0.05, 0) is 36.4 Å². The Hall–Kier alpha value is -4.06. The topological polar surface area (TPSA) is 102 Å². The van der Waals surface area contributed by atoms with Gasteiger partial charge in [0.25, 0.3) is 5.91 Å². The number of nitrogens with zero attached hydrogens (tertiary/aromatic N) is 4. The van der Waals surface area contributed by atoms with E-state index in [1.807, 2.05) is 0 Å². The van der Waals surface area contributed by atoms with Gasteiger partial charge in [-0.25, -0.2) is 18.9 Å². The fourth-order valence-electron chi connectivity index (χ4n) is 4.10. The van der Waals surface area contributed by atoms with E-state index < -0.39 is 41.2 Å². The van der Waals surface area contributed by atoms with Crippen LogP contribution < -0.4 is 10.1 Å². The lowest BCUT2D eigenvalue weighted by Crippen LogP contribution is -2.51. The molecule has 0 aliphatic carbocycles. The number of carbonyl (C=O) groups excluding carboxylic acids is 1. The van der Waals surface area contributed by atoms with Crippen molar-refractivity contribution in [3.05, 3.63) is 77.6 Å². The number of alkyl halides is 3. The fraction of sp³-hybridized carbons (Fsp3) is 0.280. The van der Waals surface area contributed by atoms with E-state index in [1.165, 1.54) is 41.2 Å². The molecule has 37 heavy (non-hydrogen) atoms. The molecule has 0 fully saturated rings. The minimum Gasteiger partial charge on any atom is -0.490 e. The lowest BCUT2D eigenvalue weighted by atomic mass is 9.84. The van der Waals surface area contributed by atoms with E-state index in [1.54, 1.807) is 13.8 Å². The number of carbonyl (C=O) groups is 1. The first-order chi connectivity index (χ1) is 17.4. The number of hydrogen-bond acceptors (Lipinski definition) is 6. The van der Waals surface area contributed by atoms with E-state index in [4.69, 9.17) is 4.74 Å². The Bertz CT molecular complexity index is 1500. The molecule has 3 aromatic heterocycles. The van der Waals surface area contributed by atoms with Crippen LogP contribution in [0.5, 0.6) is 5.75 Å². The van der Waals surface area contributed by atoms with Crippen molar-refractivity contribution in [2.24, 2.45) is 0 Å². The zero-order valence-corrected chi connectivity index (χ0v) is 19.7. The fourth-order valence-corrected chi connectivity index (χ4v) is 4.10. The lowest BCUT2D eigenvalue weighted by Gasteiger charge is -2.31. The van der Waals surface area contributed by atoms with Gasteiger partial charge in [0.05, 0.1) is 25.0 Å². The molecule has 0 saturated heterocycles. The third-order valence-electron chi connectivity index (χ3n) is 6.29. The van der Waals surface area contributed by atoms with Crippen molar-refractivity contribution in [2.75, 3.05) is 13.2 Å². The maximum absolute atomic E-state index is 14.4. The quantitative estimate of drug-likeness (QED) is 0.393. The van der Waals surface area contributed by atoms with E-state index in [0.29, 0.717) is 16.8 Å². The van der Waals surface area contributed by atoms with Crippen molar-refractivity contribution in [3.63, 3.8) is 0 Å². The summed E-state index contributed by atoms with van der Waals surface area (Å²) < 4.78 is 63.8. The molecule has 5 rings (SSSR count). The predicted molar refractivity (Wildman–Crippen MR) is 123 cm³/mol. The van der Waals surface area contributed by atoms with E-state index in [-0.39, 0.29) is 23.7 Å².